The lowest BCUT2D eigenvalue weighted by Gasteiger charge is -2.34. The van der Waals surface area contributed by atoms with Crippen molar-refractivity contribution < 1.29 is 33.2 Å². The number of carbonyl (C=O) groups excluding carboxylic acids is 1. The van der Waals surface area contributed by atoms with Crippen LogP contribution in [0.5, 0.6) is 0 Å². The Bertz CT molecular complexity index is 1320. The molecule has 2 aromatic carbocycles. The summed E-state index contributed by atoms with van der Waals surface area (Å²) in [5, 5.41) is 19.8. The predicted octanol–water partition coefficient (Wildman–Crippen LogP) is 6.11. The number of likely N-dealkylation sites (tertiary alicyclic amines) is 1. The summed E-state index contributed by atoms with van der Waals surface area (Å²) in [6.45, 7) is 2.27. The first-order valence-corrected chi connectivity index (χ1v) is 12.5. The Morgan fingerprint density at radius 3 is 2.49 bits per heavy atom. The fourth-order valence-electron chi connectivity index (χ4n) is 4.97. The Morgan fingerprint density at radius 2 is 1.86 bits per heavy atom. The van der Waals surface area contributed by atoms with Gasteiger partial charge in [-0.15, -0.1) is 0 Å². The van der Waals surface area contributed by atoms with Gasteiger partial charge in [0.2, 0.25) is 0 Å². The quantitative estimate of drug-likeness (QED) is 0.283. The number of amides is 1. The molecule has 4 rings (SSSR count). The number of hydrogen-bond acceptors (Lipinski definition) is 4. The summed E-state index contributed by atoms with van der Waals surface area (Å²) in [5.74, 6) is -0.364. The zero-order chi connectivity index (χ0) is 27.1. The second-order valence-corrected chi connectivity index (χ2v) is 10.3. The van der Waals surface area contributed by atoms with Crippen LogP contribution >= 0.6 is 23.2 Å². The molecule has 0 radical (unpaired) electrons. The van der Waals surface area contributed by atoms with Crippen molar-refractivity contribution in [2.45, 2.75) is 38.5 Å². The van der Waals surface area contributed by atoms with Gasteiger partial charge in [0.1, 0.15) is 6.61 Å². The molecule has 1 aliphatic rings. The van der Waals surface area contributed by atoms with Crippen molar-refractivity contribution in [3.05, 3.63) is 68.3 Å². The van der Waals surface area contributed by atoms with Gasteiger partial charge in [0.15, 0.2) is 0 Å². The monoisotopic (exact) mass is 558 g/mol. The molecule has 2 heterocycles. The Hall–Kier alpha value is -2.30. The third kappa shape index (κ3) is 5.61. The van der Waals surface area contributed by atoms with E-state index in [9.17, 15) is 23.1 Å². The highest BCUT2D eigenvalue weighted by atomic mass is 35.5. The first kappa shape index (κ1) is 27.7. The first-order valence-electron chi connectivity index (χ1n) is 11.8. The van der Waals surface area contributed by atoms with E-state index in [2.05, 4.69) is 4.89 Å². The van der Waals surface area contributed by atoms with E-state index in [1.165, 1.54) is 0 Å². The Kier molecular flexibility index (Phi) is 8.11. The highest BCUT2D eigenvalue weighted by Gasteiger charge is 2.32. The molecule has 1 aliphatic heterocycles. The van der Waals surface area contributed by atoms with Gasteiger partial charge in [-0.1, -0.05) is 23.2 Å². The van der Waals surface area contributed by atoms with Gasteiger partial charge in [-0.25, -0.2) is 4.89 Å². The summed E-state index contributed by atoms with van der Waals surface area (Å²) in [5.41, 5.74) is 1.73. The maximum absolute atomic E-state index is 13.3. The van der Waals surface area contributed by atoms with Gasteiger partial charge in [0.25, 0.3) is 5.91 Å². The molecule has 0 saturated carbocycles. The fraction of sp³-hybridized carbons (Fsp3) is 0.423. The number of halogens is 5. The number of aliphatic hydroxyl groups is 1. The summed E-state index contributed by atoms with van der Waals surface area (Å²) in [4.78, 5) is 19.0. The number of hydrogen-bond donors (Lipinski definition) is 2. The summed E-state index contributed by atoms with van der Waals surface area (Å²) in [7, 11) is 1.69. The van der Waals surface area contributed by atoms with Gasteiger partial charge in [-0.05, 0) is 67.1 Å². The Balaban J connectivity index is 1.60. The molecule has 0 aliphatic carbocycles. The van der Waals surface area contributed by atoms with Crippen LogP contribution in [0.25, 0.3) is 10.9 Å². The van der Waals surface area contributed by atoms with E-state index in [-0.39, 0.29) is 35.4 Å². The highest BCUT2D eigenvalue weighted by molar-refractivity contribution is 6.38. The van der Waals surface area contributed by atoms with E-state index in [4.69, 9.17) is 28.5 Å². The highest BCUT2D eigenvalue weighted by Crippen LogP contribution is 2.36. The lowest BCUT2D eigenvalue weighted by molar-refractivity contribution is -0.261. The second-order valence-electron chi connectivity index (χ2n) is 9.48. The molecule has 200 valence electrons. The summed E-state index contributed by atoms with van der Waals surface area (Å²) >= 11 is 13.2. The number of fused-ring (bicyclic) bond motifs is 1. The third-order valence-electron chi connectivity index (χ3n) is 7.19. The molecular weight excluding hydrogens is 532 g/mol. The van der Waals surface area contributed by atoms with Crippen LogP contribution in [-0.2, 0) is 24.5 Å². The van der Waals surface area contributed by atoms with Crippen LogP contribution in [0.2, 0.25) is 10.0 Å². The maximum Gasteiger partial charge on any atom is 0.416 e. The zero-order valence-electron chi connectivity index (χ0n) is 20.3. The van der Waals surface area contributed by atoms with E-state index in [0.29, 0.717) is 58.7 Å². The molecule has 1 atom stereocenters. The van der Waals surface area contributed by atoms with E-state index < -0.39 is 17.8 Å². The van der Waals surface area contributed by atoms with Gasteiger partial charge >= 0.3 is 6.18 Å². The summed E-state index contributed by atoms with van der Waals surface area (Å²) in [6.07, 6.45) is -3.96. The van der Waals surface area contributed by atoms with Crippen LogP contribution in [0.15, 0.2) is 30.3 Å². The number of alkyl halides is 3. The van der Waals surface area contributed by atoms with Gasteiger partial charge < -0.3 is 14.6 Å². The zero-order valence-corrected chi connectivity index (χ0v) is 21.8. The van der Waals surface area contributed by atoms with Crippen LogP contribution in [0.4, 0.5) is 13.2 Å². The van der Waals surface area contributed by atoms with Crippen LogP contribution in [0.1, 0.15) is 45.6 Å². The molecule has 1 unspecified atom stereocenters. The molecule has 37 heavy (non-hydrogen) atoms. The number of nitrogens with zero attached hydrogens (tertiary/aromatic N) is 2. The maximum atomic E-state index is 13.3. The number of aliphatic hydroxyl groups excluding tert-OH is 1. The van der Waals surface area contributed by atoms with Gasteiger partial charge in [-0.3, -0.25) is 10.1 Å². The molecule has 1 saturated heterocycles. The average molecular weight is 559 g/mol. The largest absolute Gasteiger partial charge is 0.416 e. The fourth-order valence-corrected chi connectivity index (χ4v) is 5.56. The lowest BCUT2D eigenvalue weighted by Crippen LogP contribution is -2.42. The Labute approximate surface area is 222 Å². The van der Waals surface area contributed by atoms with Crippen LogP contribution in [-0.4, -0.2) is 51.5 Å². The molecule has 0 bridgehead atoms. The minimum Gasteiger partial charge on any atom is -0.390 e. The number of piperidine rings is 1. The van der Waals surface area contributed by atoms with Crippen molar-refractivity contribution in [1.82, 2.24) is 9.47 Å². The minimum atomic E-state index is -4.45. The molecular formula is C26H27Cl2F3N2O4. The van der Waals surface area contributed by atoms with E-state index in [1.807, 2.05) is 6.07 Å². The van der Waals surface area contributed by atoms with Gasteiger partial charge in [0.05, 0.1) is 22.3 Å². The third-order valence-corrected chi connectivity index (χ3v) is 7.97. The van der Waals surface area contributed by atoms with Crippen molar-refractivity contribution in [1.29, 1.82) is 0 Å². The van der Waals surface area contributed by atoms with E-state index >= 15 is 0 Å². The lowest BCUT2D eigenvalue weighted by atomic mass is 9.91. The van der Waals surface area contributed by atoms with E-state index in [1.54, 1.807) is 35.6 Å². The van der Waals surface area contributed by atoms with Crippen LogP contribution < -0.4 is 0 Å². The second kappa shape index (κ2) is 10.8. The molecule has 6 nitrogen and oxygen atoms in total. The topological polar surface area (TPSA) is 74.9 Å². The molecule has 1 aromatic heterocycles. The number of carbonyl (C=O) groups is 1. The van der Waals surface area contributed by atoms with Crippen molar-refractivity contribution >= 4 is 40.0 Å². The molecule has 11 heteroatoms. The standard InChI is InChI=1S/C26H27Cl2F3N2O4/c1-14-9-16(26(29,30)31)10-22-19(14)11-17(32(22)2)12-20-21(27)4-3-18(24(20)28)25(35)33-7-5-15(6-8-33)23(34)13-37-36/h3-4,9-11,15,23,34,36H,5-8,12-13H2,1-2H3. The van der Waals surface area contributed by atoms with Gasteiger partial charge in [0, 0.05) is 48.2 Å². The molecule has 1 amide bonds. The number of aryl methyl sites for hydroxylation is 2. The van der Waals surface area contributed by atoms with Gasteiger partial charge in [-0.2, -0.15) is 13.2 Å². The number of aromatic nitrogens is 1. The Morgan fingerprint density at radius 1 is 1.19 bits per heavy atom. The molecule has 3 aromatic rings. The molecule has 1 fully saturated rings. The SMILES string of the molecule is Cc1cc(C(F)(F)F)cc2c1cc(Cc1c(Cl)ccc(C(=O)N3CCC(C(O)COO)CC3)c1Cl)n2C. The smallest absolute Gasteiger partial charge is 0.390 e. The first-order chi connectivity index (χ1) is 17.4. The minimum absolute atomic E-state index is 0.0970. The van der Waals surface area contributed by atoms with Crippen molar-refractivity contribution in [2.24, 2.45) is 13.0 Å². The van der Waals surface area contributed by atoms with Crippen LogP contribution in [0.3, 0.4) is 0 Å². The number of rotatable bonds is 6. The normalized spacial score (nSPS) is 16.0. The molecule has 2 N–H and O–H groups in total. The van der Waals surface area contributed by atoms with Crippen molar-refractivity contribution in [3.8, 4) is 0 Å². The average Bonchev–Trinajstić information content (AvgIpc) is 3.17. The molecule has 0 spiro atoms. The van der Waals surface area contributed by atoms with Crippen molar-refractivity contribution in [3.63, 3.8) is 0 Å². The number of benzene rings is 2. The van der Waals surface area contributed by atoms with Crippen molar-refractivity contribution in [2.75, 3.05) is 19.7 Å². The summed E-state index contributed by atoms with van der Waals surface area (Å²) < 4.78 is 41.7. The predicted molar refractivity (Wildman–Crippen MR) is 135 cm³/mol. The van der Waals surface area contributed by atoms with Crippen LogP contribution in [0, 0.1) is 12.8 Å². The van der Waals surface area contributed by atoms with E-state index in [0.717, 1.165) is 12.1 Å². The summed E-state index contributed by atoms with van der Waals surface area (Å²) in [6, 6.07) is 7.24.